The van der Waals surface area contributed by atoms with Crippen LogP contribution in [0.2, 0.25) is 5.02 Å². The van der Waals surface area contributed by atoms with E-state index in [1.807, 2.05) is 37.3 Å². The van der Waals surface area contributed by atoms with Gasteiger partial charge in [0.25, 0.3) is 0 Å². The monoisotopic (exact) mass is 497 g/mol. The van der Waals surface area contributed by atoms with Gasteiger partial charge in [0.05, 0.1) is 5.02 Å². The lowest BCUT2D eigenvalue weighted by Gasteiger charge is -2.27. The summed E-state index contributed by atoms with van der Waals surface area (Å²) in [5, 5.41) is 0.867. The van der Waals surface area contributed by atoms with Gasteiger partial charge in [-0.1, -0.05) is 41.9 Å². The minimum atomic E-state index is -0.779. The van der Waals surface area contributed by atoms with Crippen LogP contribution in [0, 0.1) is 6.92 Å². The number of hydrogen-bond donors (Lipinski definition) is 0. The zero-order valence-electron chi connectivity index (χ0n) is 20.2. The van der Waals surface area contributed by atoms with Crippen molar-refractivity contribution in [3.63, 3.8) is 0 Å². The van der Waals surface area contributed by atoms with Crippen LogP contribution in [0.15, 0.2) is 51.7 Å². The van der Waals surface area contributed by atoms with Crippen molar-refractivity contribution in [3.05, 3.63) is 74.6 Å². The maximum atomic E-state index is 13.0. The van der Waals surface area contributed by atoms with Gasteiger partial charge in [0.2, 0.25) is 0 Å². The third kappa shape index (κ3) is 5.51. The quantitative estimate of drug-likeness (QED) is 0.263. The molecule has 0 bridgehead atoms. The highest BCUT2D eigenvalue weighted by Gasteiger charge is 2.38. The molecule has 35 heavy (non-hydrogen) atoms. The highest BCUT2D eigenvalue weighted by molar-refractivity contribution is 6.33. The Labute approximate surface area is 208 Å². The van der Waals surface area contributed by atoms with Gasteiger partial charge in [-0.25, -0.2) is 14.4 Å². The summed E-state index contributed by atoms with van der Waals surface area (Å²) in [5.74, 6) is -0.548. The Morgan fingerprint density at radius 1 is 1.17 bits per heavy atom. The molecule has 1 fully saturated rings. The number of aryl methyl sites for hydroxylation is 1. The van der Waals surface area contributed by atoms with Crippen molar-refractivity contribution in [2.24, 2.45) is 0 Å². The molecule has 2 heterocycles. The first-order valence-electron chi connectivity index (χ1n) is 11.5. The number of hydrogen-bond acceptors (Lipinski definition) is 6. The number of fused-ring (bicyclic) bond motifs is 1. The lowest BCUT2D eigenvalue weighted by Crippen LogP contribution is -2.44. The summed E-state index contributed by atoms with van der Waals surface area (Å²) in [5.41, 5.74) is 1.43. The number of carbonyl (C=O) groups excluding carboxylic acids is 2. The molecule has 0 spiro atoms. The second-order valence-electron chi connectivity index (χ2n) is 9.69. The number of ether oxygens (including phenoxy) is 2. The van der Waals surface area contributed by atoms with E-state index in [4.69, 9.17) is 25.5 Å². The predicted molar refractivity (Wildman–Crippen MR) is 133 cm³/mol. The molecule has 184 valence electrons. The molecule has 1 saturated heterocycles. The van der Waals surface area contributed by atoms with E-state index in [2.05, 4.69) is 0 Å². The first-order valence-corrected chi connectivity index (χ1v) is 11.9. The van der Waals surface area contributed by atoms with E-state index >= 15 is 0 Å². The number of rotatable bonds is 4. The minimum absolute atomic E-state index is 0.0681. The summed E-state index contributed by atoms with van der Waals surface area (Å²) in [7, 11) is 0. The van der Waals surface area contributed by atoms with Crippen LogP contribution in [-0.2, 0) is 16.0 Å². The third-order valence-electron chi connectivity index (χ3n) is 5.93. The average molecular weight is 498 g/mol. The summed E-state index contributed by atoms with van der Waals surface area (Å²) in [4.78, 5) is 39.6. The smallest absolute Gasteiger partial charge is 0.411 e. The lowest BCUT2D eigenvalue weighted by molar-refractivity contribution is -0.139. The maximum absolute atomic E-state index is 13.0. The first-order chi connectivity index (χ1) is 16.5. The molecular formula is C27H28ClNO6. The number of esters is 1. The van der Waals surface area contributed by atoms with Gasteiger partial charge in [-0.3, -0.25) is 4.90 Å². The largest absolute Gasteiger partial charge is 0.444 e. The Morgan fingerprint density at radius 3 is 2.57 bits per heavy atom. The number of amides is 1. The van der Waals surface area contributed by atoms with Crippen LogP contribution >= 0.6 is 11.6 Å². The number of likely N-dealkylation sites (tertiary alicyclic amines) is 1. The molecule has 1 atom stereocenters. The Morgan fingerprint density at radius 2 is 1.89 bits per heavy atom. The second kappa shape index (κ2) is 9.74. The topological polar surface area (TPSA) is 86.0 Å². The molecule has 3 aromatic rings. The molecule has 1 aromatic heterocycles. The van der Waals surface area contributed by atoms with Gasteiger partial charge < -0.3 is 13.9 Å². The van der Waals surface area contributed by atoms with Gasteiger partial charge in [0, 0.05) is 30.0 Å². The number of nitrogens with zero attached hydrogens (tertiary/aromatic N) is 1. The Balaban J connectivity index is 1.59. The molecule has 1 aliphatic rings. The molecule has 1 aliphatic heterocycles. The van der Waals surface area contributed by atoms with Crippen LogP contribution in [-0.4, -0.2) is 35.2 Å². The molecule has 0 radical (unpaired) electrons. The fourth-order valence-electron chi connectivity index (χ4n) is 4.20. The average Bonchev–Trinajstić information content (AvgIpc) is 3.28. The minimum Gasteiger partial charge on any atom is -0.444 e. The zero-order valence-corrected chi connectivity index (χ0v) is 21.0. The van der Waals surface area contributed by atoms with Gasteiger partial charge in [0.1, 0.15) is 17.2 Å². The van der Waals surface area contributed by atoms with Gasteiger partial charge in [0.15, 0.2) is 5.75 Å². The summed E-state index contributed by atoms with van der Waals surface area (Å²) in [6.07, 6.45) is 0.985. The van der Waals surface area contributed by atoms with E-state index in [0.29, 0.717) is 36.8 Å². The van der Waals surface area contributed by atoms with E-state index in [0.717, 1.165) is 11.1 Å². The highest BCUT2D eigenvalue weighted by Crippen LogP contribution is 2.33. The second-order valence-corrected chi connectivity index (χ2v) is 10.1. The van der Waals surface area contributed by atoms with Crippen molar-refractivity contribution in [1.82, 2.24) is 4.90 Å². The molecule has 0 saturated carbocycles. The van der Waals surface area contributed by atoms with E-state index in [-0.39, 0.29) is 16.4 Å². The zero-order chi connectivity index (χ0) is 25.3. The Kier molecular flexibility index (Phi) is 6.90. The number of halogens is 1. The van der Waals surface area contributed by atoms with E-state index in [1.165, 1.54) is 11.0 Å². The van der Waals surface area contributed by atoms with Crippen molar-refractivity contribution < 1.29 is 23.5 Å². The molecule has 0 N–H and O–H groups in total. The molecule has 4 rings (SSSR count). The van der Waals surface area contributed by atoms with E-state index in [1.54, 1.807) is 26.8 Å². The van der Waals surface area contributed by atoms with Gasteiger partial charge in [-0.15, -0.1) is 0 Å². The van der Waals surface area contributed by atoms with Gasteiger partial charge in [-0.05, 0) is 57.7 Å². The number of carbonyl (C=O) groups is 2. The number of benzene rings is 2. The van der Waals surface area contributed by atoms with Crippen LogP contribution in [0.25, 0.3) is 11.0 Å². The fraction of sp³-hybridized carbons (Fsp3) is 0.370. The van der Waals surface area contributed by atoms with Gasteiger partial charge >= 0.3 is 17.7 Å². The molecule has 1 unspecified atom stereocenters. The van der Waals surface area contributed by atoms with Crippen LogP contribution in [0.3, 0.4) is 0 Å². The molecule has 8 heteroatoms. The Bertz CT molecular complexity index is 1330. The molecule has 2 aromatic carbocycles. The van der Waals surface area contributed by atoms with Crippen molar-refractivity contribution in [1.29, 1.82) is 0 Å². The van der Waals surface area contributed by atoms with Gasteiger partial charge in [-0.2, -0.15) is 0 Å². The summed E-state index contributed by atoms with van der Waals surface area (Å²) in [6, 6.07) is 11.9. The van der Waals surface area contributed by atoms with Crippen LogP contribution < -0.4 is 10.4 Å². The van der Waals surface area contributed by atoms with Crippen LogP contribution in [0.4, 0.5) is 4.79 Å². The SMILES string of the molecule is Cc1c(Cc2ccccc2)c(=O)oc2cc(OC(=O)C3CCCN3C(=O)OC(C)(C)C)c(Cl)cc12. The third-order valence-corrected chi connectivity index (χ3v) is 6.22. The summed E-state index contributed by atoms with van der Waals surface area (Å²) < 4.78 is 16.6. The standard InChI is InChI=1S/C27H28ClNO6/c1-16-18-14-20(28)23(15-22(18)33-24(30)19(16)13-17-9-6-5-7-10-17)34-25(31)21-11-8-12-29(21)26(32)35-27(2,3)4/h5-7,9-10,14-15,21H,8,11-13H2,1-4H3. The maximum Gasteiger partial charge on any atom is 0.411 e. The van der Waals surface area contributed by atoms with E-state index in [9.17, 15) is 14.4 Å². The van der Waals surface area contributed by atoms with E-state index < -0.39 is 29.3 Å². The first kappa shape index (κ1) is 24.8. The Hall–Kier alpha value is -3.32. The highest BCUT2D eigenvalue weighted by atomic mass is 35.5. The van der Waals surface area contributed by atoms with Crippen molar-refractivity contribution in [3.8, 4) is 5.75 Å². The summed E-state index contributed by atoms with van der Waals surface area (Å²) >= 11 is 6.46. The van der Waals surface area contributed by atoms with Crippen molar-refractivity contribution in [2.75, 3.05) is 6.54 Å². The lowest BCUT2D eigenvalue weighted by atomic mass is 9.99. The van der Waals surface area contributed by atoms with Crippen molar-refractivity contribution in [2.45, 2.75) is 58.6 Å². The predicted octanol–water partition coefficient (Wildman–Crippen LogP) is 5.65. The summed E-state index contributed by atoms with van der Waals surface area (Å²) in [6.45, 7) is 7.55. The molecule has 7 nitrogen and oxygen atoms in total. The molecule has 1 amide bonds. The van der Waals surface area contributed by atoms with Crippen LogP contribution in [0.5, 0.6) is 5.75 Å². The van der Waals surface area contributed by atoms with Crippen LogP contribution in [0.1, 0.15) is 50.3 Å². The molecule has 0 aliphatic carbocycles. The fourth-order valence-corrected chi connectivity index (χ4v) is 4.40. The molecular weight excluding hydrogens is 470 g/mol. The van der Waals surface area contributed by atoms with Crippen molar-refractivity contribution >= 4 is 34.6 Å². The normalized spacial score (nSPS) is 15.9.